The number of aliphatic imine (C=N–C) groups is 1. The van der Waals surface area contributed by atoms with Gasteiger partial charge >= 0.3 is 6.18 Å². The minimum absolute atomic E-state index is 0.0733. The second kappa shape index (κ2) is 11.4. The maximum Gasteiger partial charge on any atom is 0.417 e. The number of nitrogens with one attached hydrogen (secondary N) is 1. The molecular weight excluding hydrogens is 514 g/mol. The van der Waals surface area contributed by atoms with Crippen LogP contribution < -0.4 is 11.1 Å². The van der Waals surface area contributed by atoms with E-state index in [0.29, 0.717) is 5.56 Å². The van der Waals surface area contributed by atoms with E-state index < -0.39 is 28.5 Å². The highest BCUT2D eigenvalue weighted by Crippen LogP contribution is 2.36. The van der Waals surface area contributed by atoms with Gasteiger partial charge in [-0.3, -0.25) is 14.6 Å². The molecule has 36 heavy (non-hydrogen) atoms. The predicted octanol–water partition coefficient (Wildman–Crippen LogP) is 7.09. The largest absolute Gasteiger partial charge is 0.417 e. The molecule has 1 amide bonds. The Labute approximate surface area is 215 Å². The number of hydrogen-bond acceptors (Lipinski definition) is 4. The van der Waals surface area contributed by atoms with Crippen molar-refractivity contribution in [1.29, 1.82) is 0 Å². The highest BCUT2D eigenvalue weighted by Gasteiger charge is 2.33. The number of carbonyl (C=O) groups excluding carboxylic acids is 2. The summed E-state index contributed by atoms with van der Waals surface area (Å²) in [7, 11) is 0. The Kier molecular flexibility index (Phi) is 8.55. The molecule has 0 saturated heterocycles. The number of amides is 1. The summed E-state index contributed by atoms with van der Waals surface area (Å²) in [6.07, 6.45) is -2.61. The van der Waals surface area contributed by atoms with Crippen molar-refractivity contribution in [2.24, 2.45) is 10.7 Å². The lowest BCUT2D eigenvalue weighted by atomic mass is 10.00. The Morgan fingerprint density at radius 3 is 2.50 bits per heavy atom. The number of hydrogen-bond donors (Lipinski definition) is 2. The summed E-state index contributed by atoms with van der Waals surface area (Å²) < 4.78 is 39.4. The number of benzene rings is 3. The SMILES string of the molecule is Cc1ccc(NC(=O)c2cccc(CCl)c2)c(C(=O)/C(C=Nc2ccc(Cl)c(C(F)(F)F)c2)=C/N)c1. The summed E-state index contributed by atoms with van der Waals surface area (Å²) in [6.45, 7) is 1.76. The zero-order valence-corrected chi connectivity index (χ0v) is 20.4. The molecule has 10 heteroatoms. The molecule has 3 N–H and O–H groups in total. The fourth-order valence-corrected chi connectivity index (χ4v) is 3.62. The Balaban J connectivity index is 1.90. The van der Waals surface area contributed by atoms with Gasteiger partial charge in [-0.15, -0.1) is 11.6 Å². The van der Waals surface area contributed by atoms with Crippen LogP contribution in [0.25, 0.3) is 0 Å². The maximum atomic E-state index is 13.3. The van der Waals surface area contributed by atoms with E-state index in [1.807, 2.05) is 0 Å². The van der Waals surface area contributed by atoms with E-state index >= 15 is 0 Å². The van der Waals surface area contributed by atoms with Gasteiger partial charge in [0, 0.05) is 29.4 Å². The maximum absolute atomic E-state index is 13.3. The number of allylic oxidation sites excluding steroid dienone is 1. The van der Waals surface area contributed by atoms with E-state index in [-0.39, 0.29) is 28.4 Å². The van der Waals surface area contributed by atoms with Gasteiger partial charge in [0.15, 0.2) is 5.78 Å². The molecule has 3 aromatic carbocycles. The van der Waals surface area contributed by atoms with Crippen molar-refractivity contribution in [2.75, 3.05) is 5.32 Å². The van der Waals surface area contributed by atoms with Gasteiger partial charge in [-0.2, -0.15) is 13.2 Å². The predicted molar refractivity (Wildman–Crippen MR) is 136 cm³/mol. The quantitative estimate of drug-likeness (QED) is 0.147. The zero-order chi connectivity index (χ0) is 26.5. The molecule has 0 bridgehead atoms. The average Bonchev–Trinajstić information content (AvgIpc) is 2.85. The lowest BCUT2D eigenvalue weighted by molar-refractivity contribution is -0.137. The van der Waals surface area contributed by atoms with Crippen LogP contribution in [0.4, 0.5) is 24.5 Å². The standard InChI is InChI=1S/C26H20Cl2F3N3O2/c1-15-5-8-23(34-25(36)17-4-2-3-16(10-17)12-27)20(9-15)24(35)18(13-32)14-33-19-6-7-22(28)21(11-19)26(29,30)31/h2-11,13-14H,12,32H2,1H3,(H,34,36)/b18-13+,33-14?. The molecule has 0 unspecified atom stereocenters. The van der Waals surface area contributed by atoms with Gasteiger partial charge in [0.2, 0.25) is 0 Å². The van der Waals surface area contributed by atoms with Gasteiger partial charge in [0.25, 0.3) is 5.91 Å². The van der Waals surface area contributed by atoms with Crippen LogP contribution in [-0.4, -0.2) is 17.9 Å². The lowest BCUT2D eigenvalue weighted by Gasteiger charge is -2.12. The van der Waals surface area contributed by atoms with Gasteiger partial charge in [-0.25, -0.2) is 0 Å². The van der Waals surface area contributed by atoms with Gasteiger partial charge in [0.05, 0.1) is 27.5 Å². The fraction of sp³-hybridized carbons (Fsp3) is 0.115. The third-order valence-corrected chi connectivity index (χ3v) is 5.70. The van der Waals surface area contributed by atoms with Crippen molar-refractivity contribution < 1.29 is 22.8 Å². The van der Waals surface area contributed by atoms with Crippen LogP contribution in [-0.2, 0) is 12.1 Å². The van der Waals surface area contributed by atoms with Crippen LogP contribution in [0.15, 0.2) is 77.4 Å². The molecule has 0 heterocycles. The third kappa shape index (κ3) is 6.53. The van der Waals surface area contributed by atoms with Gasteiger partial charge in [0.1, 0.15) is 0 Å². The average molecular weight is 534 g/mol. The van der Waals surface area contributed by atoms with E-state index in [1.165, 1.54) is 6.07 Å². The molecule has 0 spiro atoms. The van der Waals surface area contributed by atoms with Crippen LogP contribution >= 0.6 is 23.2 Å². The fourth-order valence-electron chi connectivity index (χ4n) is 3.23. The Bertz CT molecular complexity index is 1370. The molecule has 0 atom stereocenters. The number of alkyl halides is 4. The summed E-state index contributed by atoms with van der Waals surface area (Å²) in [4.78, 5) is 30.0. The van der Waals surface area contributed by atoms with Gasteiger partial charge in [-0.05, 0) is 55.0 Å². The molecule has 5 nitrogen and oxygen atoms in total. The van der Waals surface area contributed by atoms with Gasteiger partial charge < -0.3 is 11.1 Å². The molecule has 3 rings (SSSR count). The first-order valence-electron chi connectivity index (χ1n) is 10.5. The summed E-state index contributed by atoms with van der Waals surface area (Å²) in [6, 6.07) is 14.7. The topological polar surface area (TPSA) is 84.5 Å². The molecular formula is C26H20Cl2F3N3O2. The van der Waals surface area contributed by atoms with E-state index in [0.717, 1.165) is 35.7 Å². The first kappa shape index (κ1) is 27.0. The first-order chi connectivity index (χ1) is 17.0. The van der Waals surface area contributed by atoms with Crippen molar-refractivity contribution >= 4 is 52.5 Å². The molecule has 186 valence electrons. The molecule has 0 aliphatic heterocycles. The number of carbonyl (C=O) groups is 2. The monoisotopic (exact) mass is 533 g/mol. The molecule has 0 aliphatic rings. The van der Waals surface area contributed by atoms with Crippen LogP contribution in [0.1, 0.15) is 37.4 Å². The highest BCUT2D eigenvalue weighted by atomic mass is 35.5. The summed E-state index contributed by atoms with van der Waals surface area (Å²) >= 11 is 11.5. The van der Waals surface area contributed by atoms with E-state index in [9.17, 15) is 22.8 Å². The minimum atomic E-state index is -4.66. The number of nitrogens with zero attached hydrogens (tertiary/aromatic N) is 1. The van der Waals surface area contributed by atoms with Gasteiger partial charge in [-0.1, -0.05) is 35.4 Å². The molecule has 0 aromatic heterocycles. The number of nitrogens with two attached hydrogens (primary N) is 1. The molecule has 3 aromatic rings. The van der Waals surface area contributed by atoms with E-state index in [1.54, 1.807) is 49.4 Å². The van der Waals surface area contributed by atoms with Crippen LogP contribution in [0.2, 0.25) is 5.02 Å². The zero-order valence-electron chi connectivity index (χ0n) is 18.9. The van der Waals surface area contributed by atoms with Crippen molar-refractivity contribution in [3.05, 3.63) is 105 Å². The third-order valence-electron chi connectivity index (χ3n) is 5.06. The number of rotatable bonds is 7. The molecule has 0 radical (unpaired) electrons. The number of anilines is 1. The first-order valence-corrected chi connectivity index (χ1v) is 11.4. The second-order valence-corrected chi connectivity index (χ2v) is 8.38. The van der Waals surface area contributed by atoms with Crippen molar-refractivity contribution in [2.45, 2.75) is 19.0 Å². The Morgan fingerprint density at radius 1 is 1.08 bits per heavy atom. The number of Topliss-reactive ketones (excluding diaryl/α,β-unsaturated/α-hetero) is 1. The summed E-state index contributed by atoms with van der Waals surface area (Å²) in [5.74, 6) is -0.801. The van der Waals surface area contributed by atoms with Crippen molar-refractivity contribution in [3.63, 3.8) is 0 Å². The van der Waals surface area contributed by atoms with E-state index in [4.69, 9.17) is 28.9 Å². The number of aryl methyl sites for hydroxylation is 1. The molecule has 0 fully saturated rings. The number of halogens is 5. The van der Waals surface area contributed by atoms with Crippen LogP contribution in [0, 0.1) is 6.92 Å². The van der Waals surface area contributed by atoms with E-state index in [2.05, 4.69) is 10.3 Å². The molecule has 0 aliphatic carbocycles. The Hall–Kier alpha value is -3.62. The van der Waals surface area contributed by atoms with Crippen molar-refractivity contribution in [1.82, 2.24) is 0 Å². The van der Waals surface area contributed by atoms with Crippen LogP contribution in [0.3, 0.4) is 0 Å². The normalized spacial score (nSPS) is 12.1. The number of ketones is 1. The summed E-state index contributed by atoms with van der Waals surface area (Å²) in [5.41, 5.74) is 6.62. The Morgan fingerprint density at radius 2 is 1.83 bits per heavy atom. The lowest BCUT2D eigenvalue weighted by Crippen LogP contribution is -2.16. The second-order valence-electron chi connectivity index (χ2n) is 7.71. The minimum Gasteiger partial charge on any atom is -0.404 e. The summed E-state index contributed by atoms with van der Waals surface area (Å²) in [5, 5.41) is 2.25. The van der Waals surface area contributed by atoms with Crippen molar-refractivity contribution in [3.8, 4) is 0 Å². The molecule has 0 saturated carbocycles. The smallest absolute Gasteiger partial charge is 0.404 e. The highest BCUT2D eigenvalue weighted by molar-refractivity contribution is 6.31. The van der Waals surface area contributed by atoms with Crippen LogP contribution in [0.5, 0.6) is 0 Å².